The summed E-state index contributed by atoms with van der Waals surface area (Å²) in [5, 5.41) is 27.2. The fraction of sp³-hybridized carbons (Fsp3) is 0.125. The molecule has 3 nitrogen and oxygen atoms in total. The zero-order chi connectivity index (χ0) is 24.4. The minimum atomic E-state index is 0.00768. The summed E-state index contributed by atoms with van der Waals surface area (Å²) in [5.74, 6) is 0.909. The van der Waals surface area contributed by atoms with E-state index in [1.165, 1.54) is 40.7 Å². The normalized spacial score (nSPS) is 23.1. The summed E-state index contributed by atoms with van der Waals surface area (Å²) in [6.45, 7) is 0. The molecule has 4 aliphatic rings. The van der Waals surface area contributed by atoms with Gasteiger partial charge in [0.25, 0.3) is 0 Å². The highest BCUT2D eigenvalue weighted by molar-refractivity contribution is 7.33. The van der Waals surface area contributed by atoms with Crippen LogP contribution >= 0.6 is 22.7 Å². The number of aromatic nitrogens is 1. The van der Waals surface area contributed by atoms with Gasteiger partial charge in [-0.25, -0.2) is 0 Å². The highest BCUT2D eigenvalue weighted by atomic mass is 32.1. The van der Waals surface area contributed by atoms with Crippen LogP contribution in [0.3, 0.4) is 0 Å². The maximum atomic E-state index is 11.7. The van der Waals surface area contributed by atoms with Crippen LogP contribution in [0.15, 0.2) is 91.0 Å². The number of para-hydroxylation sites is 1. The van der Waals surface area contributed by atoms with E-state index in [9.17, 15) is 10.2 Å². The van der Waals surface area contributed by atoms with Crippen LogP contribution in [-0.4, -0.2) is 14.8 Å². The molecule has 5 heteroatoms. The van der Waals surface area contributed by atoms with E-state index in [0.717, 1.165) is 16.8 Å². The lowest BCUT2D eigenvalue weighted by Gasteiger charge is -2.47. The third-order valence-electron chi connectivity index (χ3n) is 8.65. The smallest absolute Gasteiger partial charge is 0.202 e. The maximum Gasteiger partial charge on any atom is 0.202 e. The van der Waals surface area contributed by atoms with E-state index in [4.69, 9.17) is 0 Å². The summed E-state index contributed by atoms with van der Waals surface area (Å²) in [5.41, 5.74) is 3.96. The molecular formula is C32H21NO2S2. The number of fused-ring (bicyclic) bond motifs is 4. The number of nitrogens with zero attached hydrogens (tertiary/aromatic N) is 1. The molecule has 10 rings (SSSR count). The monoisotopic (exact) mass is 515 g/mol. The van der Waals surface area contributed by atoms with Crippen molar-refractivity contribution in [2.75, 3.05) is 0 Å². The average molecular weight is 516 g/mol. The largest absolute Gasteiger partial charge is 0.494 e. The van der Waals surface area contributed by atoms with Crippen LogP contribution in [-0.2, 0) is 0 Å². The van der Waals surface area contributed by atoms with Crippen LogP contribution < -0.4 is 0 Å². The standard InChI is InChI=1S/C32H21NO2S2/c34-31-25-23-19-12-6-7-13-20(19)24(26(25)32(35)33(31)18-10-2-1-3-11-18)29-27(23)30-28(37-29)21-14-16-8-4-5-9-17(16)15-22(21)36-30/h1-15,19-20,23-24,34-35H/t19?,20?,23-,24+/m1/s1. The number of hydrogen-bond acceptors (Lipinski definition) is 4. The lowest BCUT2D eigenvalue weighted by atomic mass is 9.56. The highest BCUT2D eigenvalue weighted by Crippen LogP contribution is 2.68. The molecule has 3 aromatic carbocycles. The molecule has 2 unspecified atom stereocenters. The lowest BCUT2D eigenvalue weighted by molar-refractivity contribution is 0.324. The van der Waals surface area contributed by atoms with Crippen molar-refractivity contribution in [3.8, 4) is 17.4 Å². The summed E-state index contributed by atoms with van der Waals surface area (Å²) in [6, 6.07) is 22.9. The van der Waals surface area contributed by atoms with Crippen molar-refractivity contribution < 1.29 is 10.2 Å². The topological polar surface area (TPSA) is 45.4 Å². The first kappa shape index (κ1) is 20.3. The molecule has 0 radical (unpaired) electrons. The van der Waals surface area contributed by atoms with Crippen LogP contribution in [0.4, 0.5) is 0 Å². The van der Waals surface area contributed by atoms with Gasteiger partial charge in [-0.15, -0.1) is 22.7 Å². The number of hydrogen-bond donors (Lipinski definition) is 2. The van der Waals surface area contributed by atoms with E-state index >= 15 is 0 Å². The lowest BCUT2D eigenvalue weighted by Crippen LogP contribution is -2.37. The number of aromatic hydroxyl groups is 2. The Bertz CT molecular complexity index is 1990. The molecule has 37 heavy (non-hydrogen) atoms. The molecule has 6 aromatic rings. The van der Waals surface area contributed by atoms with Crippen LogP contribution in [0.2, 0.25) is 0 Å². The van der Waals surface area contributed by atoms with E-state index in [0.29, 0.717) is 0 Å². The Labute approximate surface area is 220 Å². The Kier molecular flexibility index (Phi) is 3.80. The molecule has 0 fully saturated rings. The van der Waals surface area contributed by atoms with Crippen molar-refractivity contribution in [1.82, 2.24) is 4.57 Å². The van der Waals surface area contributed by atoms with E-state index in [-0.39, 0.29) is 35.4 Å². The summed E-state index contributed by atoms with van der Waals surface area (Å²) in [7, 11) is 0. The zero-order valence-electron chi connectivity index (χ0n) is 19.6. The SMILES string of the molecule is Oc1c2c(c(O)n1-c1ccccc1)[C@@H]1c3c(sc4c3sc3cc5ccccc5cc34)[C@H]2C2C=CC=CC21. The number of thiophene rings is 2. The van der Waals surface area contributed by atoms with E-state index in [1.807, 2.05) is 53.0 Å². The molecule has 4 atom stereocenters. The number of benzene rings is 3. The Morgan fingerprint density at radius 2 is 1.30 bits per heavy atom. The van der Waals surface area contributed by atoms with E-state index in [2.05, 4.69) is 60.7 Å². The summed E-state index contributed by atoms with van der Waals surface area (Å²) in [4.78, 5) is 1.36. The minimum Gasteiger partial charge on any atom is -0.494 e. The maximum absolute atomic E-state index is 11.7. The van der Waals surface area contributed by atoms with Crippen LogP contribution in [0, 0.1) is 11.8 Å². The fourth-order valence-corrected chi connectivity index (χ4v) is 10.2. The van der Waals surface area contributed by atoms with E-state index < -0.39 is 0 Å². The molecule has 2 bridgehead atoms. The van der Waals surface area contributed by atoms with Crippen molar-refractivity contribution in [3.05, 3.63) is 113 Å². The van der Waals surface area contributed by atoms with Crippen molar-refractivity contribution >= 4 is 52.9 Å². The van der Waals surface area contributed by atoms with Gasteiger partial charge in [-0.1, -0.05) is 66.8 Å². The second-order valence-corrected chi connectivity index (χ2v) is 12.5. The minimum absolute atomic E-state index is 0.00768. The Balaban J connectivity index is 1.37. The molecule has 2 N–H and O–H groups in total. The molecular weight excluding hydrogens is 494 g/mol. The van der Waals surface area contributed by atoms with Gasteiger partial charge >= 0.3 is 0 Å². The first-order valence-corrected chi connectivity index (χ1v) is 14.3. The van der Waals surface area contributed by atoms with Crippen LogP contribution in [0.1, 0.15) is 33.4 Å². The van der Waals surface area contributed by atoms with E-state index in [1.54, 1.807) is 4.57 Å². The number of rotatable bonds is 1. The van der Waals surface area contributed by atoms with Gasteiger partial charge in [0.15, 0.2) is 0 Å². The van der Waals surface area contributed by atoms with Crippen molar-refractivity contribution in [2.45, 2.75) is 11.8 Å². The quantitative estimate of drug-likeness (QED) is 0.231. The highest BCUT2D eigenvalue weighted by Gasteiger charge is 2.54. The van der Waals surface area contributed by atoms with Gasteiger partial charge in [-0.05, 0) is 52.4 Å². The summed E-state index contributed by atoms with van der Waals surface area (Å²) in [6.07, 6.45) is 8.91. The molecule has 0 aliphatic heterocycles. The Hall–Kier alpha value is -3.80. The third kappa shape index (κ3) is 2.42. The molecule has 3 aromatic heterocycles. The Morgan fingerprint density at radius 3 is 2.05 bits per heavy atom. The van der Waals surface area contributed by atoms with Gasteiger partial charge in [-0.2, -0.15) is 0 Å². The first-order valence-electron chi connectivity index (χ1n) is 12.6. The van der Waals surface area contributed by atoms with Gasteiger partial charge in [0, 0.05) is 37.9 Å². The zero-order valence-corrected chi connectivity index (χ0v) is 21.3. The average Bonchev–Trinajstić information content (AvgIpc) is 3.56. The molecule has 3 heterocycles. The molecule has 4 aliphatic carbocycles. The fourth-order valence-electron chi connectivity index (χ4n) is 7.19. The predicted octanol–water partition coefficient (Wildman–Crippen LogP) is 8.42. The molecule has 0 amide bonds. The van der Waals surface area contributed by atoms with Gasteiger partial charge < -0.3 is 10.2 Å². The van der Waals surface area contributed by atoms with Gasteiger partial charge in [0.05, 0.1) is 15.1 Å². The summed E-state index contributed by atoms with van der Waals surface area (Å²) >= 11 is 3.78. The van der Waals surface area contributed by atoms with Gasteiger partial charge in [0.2, 0.25) is 11.8 Å². The molecule has 178 valence electrons. The molecule has 0 saturated carbocycles. The van der Waals surface area contributed by atoms with Gasteiger partial charge in [-0.3, -0.25) is 4.57 Å². The van der Waals surface area contributed by atoms with Crippen molar-refractivity contribution in [3.63, 3.8) is 0 Å². The second kappa shape index (κ2) is 6.94. The van der Waals surface area contributed by atoms with Crippen LogP contribution in [0.25, 0.3) is 35.9 Å². The first-order chi connectivity index (χ1) is 18.2. The molecule has 0 saturated heterocycles. The molecule has 0 spiro atoms. The number of allylic oxidation sites excluding steroid dienone is 4. The van der Waals surface area contributed by atoms with Crippen molar-refractivity contribution in [1.29, 1.82) is 0 Å². The third-order valence-corrected chi connectivity index (χ3v) is 11.3. The Morgan fingerprint density at radius 1 is 0.649 bits per heavy atom. The van der Waals surface area contributed by atoms with Crippen LogP contribution in [0.5, 0.6) is 11.8 Å². The second-order valence-electron chi connectivity index (χ2n) is 10.4. The van der Waals surface area contributed by atoms with Gasteiger partial charge in [0.1, 0.15) is 0 Å². The van der Waals surface area contributed by atoms with Crippen molar-refractivity contribution in [2.24, 2.45) is 11.8 Å². The summed E-state index contributed by atoms with van der Waals surface area (Å²) < 4.78 is 5.64. The predicted molar refractivity (Wildman–Crippen MR) is 153 cm³/mol.